The lowest BCUT2D eigenvalue weighted by Gasteiger charge is -2.20. The van der Waals surface area contributed by atoms with Crippen molar-refractivity contribution in [2.45, 2.75) is 38.8 Å². The first-order valence-electron chi connectivity index (χ1n) is 6.88. The third-order valence-corrected chi connectivity index (χ3v) is 3.81. The standard InChI is InChI=1S/C13H18N4O3/c1-8-14-15-11(20-8)7-16(2)13(19)9-5-12(18)17(6-9)10-3-4-10/h9-10H,3-7H2,1-2H3/t9-/m1/s1. The predicted octanol–water partition coefficient (Wildman–Crippen LogP) is 0.347. The molecule has 1 saturated heterocycles. The lowest BCUT2D eigenvalue weighted by molar-refractivity contribution is -0.135. The normalized spacial score (nSPS) is 22.4. The average molecular weight is 278 g/mol. The van der Waals surface area contributed by atoms with Gasteiger partial charge in [-0.2, -0.15) is 0 Å². The highest BCUT2D eigenvalue weighted by Crippen LogP contribution is 2.33. The second kappa shape index (κ2) is 4.88. The molecule has 1 aliphatic heterocycles. The van der Waals surface area contributed by atoms with E-state index in [9.17, 15) is 9.59 Å². The molecule has 1 aromatic heterocycles. The molecule has 2 aliphatic rings. The Kier molecular flexibility index (Phi) is 3.19. The average Bonchev–Trinajstić information content (AvgIpc) is 3.06. The number of rotatable bonds is 4. The van der Waals surface area contributed by atoms with Crippen LogP contribution in [0.3, 0.4) is 0 Å². The fourth-order valence-corrected chi connectivity index (χ4v) is 2.63. The fourth-order valence-electron chi connectivity index (χ4n) is 2.63. The summed E-state index contributed by atoms with van der Waals surface area (Å²) in [5, 5.41) is 7.61. The van der Waals surface area contributed by atoms with Crippen molar-refractivity contribution in [3.63, 3.8) is 0 Å². The number of nitrogens with zero attached hydrogens (tertiary/aromatic N) is 4. The number of likely N-dealkylation sites (tertiary alicyclic amines) is 1. The van der Waals surface area contributed by atoms with E-state index in [4.69, 9.17) is 4.42 Å². The van der Waals surface area contributed by atoms with Gasteiger partial charge in [-0.1, -0.05) is 0 Å². The zero-order chi connectivity index (χ0) is 14.3. The van der Waals surface area contributed by atoms with Gasteiger partial charge in [-0.25, -0.2) is 0 Å². The van der Waals surface area contributed by atoms with Crippen molar-refractivity contribution in [2.24, 2.45) is 5.92 Å². The smallest absolute Gasteiger partial charge is 0.235 e. The van der Waals surface area contributed by atoms with E-state index < -0.39 is 0 Å². The molecule has 3 rings (SSSR count). The SMILES string of the molecule is Cc1nnc(CN(C)C(=O)[C@@H]2CC(=O)N(C3CC3)C2)o1. The van der Waals surface area contributed by atoms with Crippen LogP contribution in [0.1, 0.15) is 31.0 Å². The monoisotopic (exact) mass is 278 g/mol. The highest BCUT2D eigenvalue weighted by atomic mass is 16.4. The van der Waals surface area contributed by atoms with Crippen LogP contribution in [0.2, 0.25) is 0 Å². The molecule has 0 N–H and O–H groups in total. The van der Waals surface area contributed by atoms with Gasteiger partial charge in [0.25, 0.3) is 0 Å². The van der Waals surface area contributed by atoms with Crippen LogP contribution in [0, 0.1) is 12.8 Å². The quantitative estimate of drug-likeness (QED) is 0.794. The molecule has 0 spiro atoms. The summed E-state index contributed by atoms with van der Waals surface area (Å²) < 4.78 is 5.26. The van der Waals surface area contributed by atoms with Crippen LogP contribution in [-0.4, -0.2) is 51.4 Å². The van der Waals surface area contributed by atoms with E-state index in [1.165, 1.54) is 0 Å². The first kappa shape index (κ1) is 13.1. The van der Waals surface area contributed by atoms with Crippen LogP contribution in [0.15, 0.2) is 4.42 Å². The van der Waals surface area contributed by atoms with Gasteiger partial charge in [-0.3, -0.25) is 9.59 Å². The molecule has 1 atom stereocenters. The summed E-state index contributed by atoms with van der Waals surface area (Å²) in [4.78, 5) is 27.6. The van der Waals surface area contributed by atoms with Crippen molar-refractivity contribution < 1.29 is 14.0 Å². The molecule has 2 heterocycles. The van der Waals surface area contributed by atoms with E-state index in [0.717, 1.165) is 12.8 Å². The maximum atomic E-state index is 12.3. The summed E-state index contributed by atoms with van der Waals surface area (Å²) in [6, 6.07) is 0.379. The van der Waals surface area contributed by atoms with Gasteiger partial charge >= 0.3 is 0 Å². The lowest BCUT2D eigenvalue weighted by Crippen LogP contribution is -2.34. The van der Waals surface area contributed by atoms with Crippen LogP contribution >= 0.6 is 0 Å². The highest BCUT2D eigenvalue weighted by molar-refractivity contribution is 5.89. The first-order valence-corrected chi connectivity index (χ1v) is 6.88. The summed E-state index contributed by atoms with van der Waals surface area (Å²) in [6.07, 6.45) is 2.47. The minimum atomic E-state index is -0.239. The third-order valence-electron chi connectivity index (χ3n) is 3.81. The third kappa shape index (κ3) is 2.52. The summed E-state index contributed by atoms with van der Waals surface area (Å²) in [6.45, 7) is 2.55. The predicted molar refractivity (Wildman–Crippen MR) is 68.4 cm³/mol. The van der Waals surface area contributed by atoms with Gasteiger partial charge < -0.3 is 14.2 Å². The molecule has 0 radical (unpaired) electrons. The topological polar surface area (TPSA) is 79.5 Å². The van der Waals surface area contributed by atoms with E-state index >= 15 is 0 Å². The number of amides is 2. The Morgan fingerprint density at radius 2 is 2.20 bits per heavy atom. The van der Waals surface area contributed by atoms with Crippen LogP contribution in [-0.2, 0) is 16.1 Å². The van der Waals surface area contributed by atoms with Crippen molar-refractivity contribution in [2.75, 3.05) is 13.6 Å². The van der Waals surface area contributed by atoms with Crippen molar-refractivity contribution in [1.82, 2.24) is 20.0 Å². The van der Waals surface area contributed by atoms with Gasteiger partial charge in [0.1, 0.15) is 0 Å². The molecule has 7 nitrogen and oxygen atoms in total. The summed E-state index contributed by atoms with van der Waals surface area (Å²) in [7, 11) is 1.70. The molecule has 7 heteroatoms. The van der Waals surface area contributed by atoms with Gasteiger partial charge in [0.15, 0.2) is 0 Å². The zero-order valence-corrected chi connectivity index (χ0v) is 11.7. The molecule has 0 unspecified atom stereocenters. The minimum absolute atomic E-state index is 0.0302. The van der Waals surface area contributed by atoms with E-state index in [0.29, 0.717) is 30.8 Å². The Hall–Kier alpha value is -1.92. The van der Waals surface area contributed by atoms with Crippen molar-refractivity contribution in [3.05, 3.63) is 11.8 Å². The first-order chi connectivity index (χ1) is 9.54. The highest BCUT2D eigenvalue weighted by Gasteiger charge is 2.42. The van der Waals surface area contributed by atoms with Crippen LogP contribution in [0.5, 0.6) is 0 Å². The van der Waals surface area contributed by atoms with Gasteiger partial charge in [-0.05, 0) is 12.8 Å². The Balaban J connectivity index is 1.59. The molecule has 0 aromatic carbocycles. The minimum Gasteiger partial charge on any atom is -0.424 e. The number of aryl methyl sites for hydroxylation is 1. The van der Waals surface area contributed by atoms with E-state index in [1.54, 1.807) is 18.9 Å². The number of aromatic nitrogens is 2. The Bertz CT molecular complexity index is 537. The molecular weight excluding hydrogens is 260 g/mol. The molecule has 108 valence electrons. The molecule has 1 aromatic rings. The largest absolute Gasteiger partial charge is 0.424 e. The number of carbonyl (C=O) groups is 2. The molecule has 0 bridgehead atoms. The molecule has 20 heavy (non-hydrogen) atoms. The maximum absolute atomic E-state index is 12.3. The molecular formula is C13H18N4O3. The molecule has 1 aliphatic carbocycles. The van der Waals surface area contributed by atoms with Crippen molar-refractivity contribution >= 4 is 11.8 Å². The van der Waals surface area contributed by atoms with Crippen LogP contribution < -0.4 is 0 Å². The Morgan fingerprint density at radius 1 is 1.45 bits per heavy atom. The van der Waals surface area contributed by atoms with Gasteiger partial charge in [-0.15, -0.1) is 10.2 Å². The fraction of sp³-hybridized carbons (Fsp3) is 0.692. The van der Waals surface area contributed by atoms with E-state index in [2.05, 4.69) is 10.2 Å². The van der Waals surface area contributed by atoms with Gasteiger partial charge in [0.2, 0.25) is 23.6 Å². The van der Waals surface area contributed by atoms with Gasteiger partial charge in [0, 0.05) is 33.0 Å². The summed E-state index contributed by atoms with van der Waals surface area (Å²) >= 11 is 0. The Labute approximate surface area is 116 Å². The summed E-state index contributed by atoms with van der Waals surface area (Å²) in [5.41, 5.74) is 0. The number of hydrogen-bond donors (Lipinski definition) is 0. The van der Waals surface area contributed by atoms with Crippen molar-refractivity contribution in [3.8, 4) is 0 Å². The second-order valence-corrected chi connectivity index (χ2v) is 5.59. The molecule has 2 amide bonds. The zero-order valence-electron chi connectivity index (χ0n) is 11.7. The second-order valence-electron chi connectivity index (χ2n) is 5.59. The molecule has 1 saturated carbocycles. The van der Waals surface area contributed by atoms with Crippen LogP contribution in [0.25, 0.3) is 0 Å². The lowest BCUT2D eigenvalue weighted by atomic mass is 10.1. The van der Waals surface area contributed by atoms with Crippen molar-refractivity contribution in [1.29, 1.82) is 0 Å². The van der Waals surface area contributed by atoms with Crippen LogP contribution in [0.4, 0.5) is 0 Å². The van der Waals surface area contributed by atoms with E-state index in [1.807, 2.05) is 4.90 Å². The van der Waals surface area contributed by atoms with Gasteiger partial charge in [0.05, 0.1) is 12.5 Å². The Morgan fingerprint density at radius 3 is 2.80 bits per heavy atom. The maximum Gasteiger partial charge on any atom is 0.235 e. The summed E-state index contributed by atoms with van der Waals surface area (Å²) in [5.74, 6) is 0.737. The van der Waals surface area contributed by atoms with E-state index in [-0.39, 0.29) is 24.3 Å². The molecule has 2 fully saturated rings. The number of hydrogen-bond acceptors (Lipinski definition) is 5. The number of carbonyl (C=O) groups excluding carboxylic acids is 2.